The number of carbonyl (C=O) groups excluding carboxylic acids is 1. The van der Waals surface area contributed by atoms with Crippen LogP contribution in [0.25, 0.3) is 10.1 Å². The second-order valence-corrected chi connectivity index (χ2v) is 7.59. The third kappa shape index (κ3) is 2.67. The van der Waals surface area contributed by atoms with Gasteiger partial charge in [-0.3, -0.25) is 4.79 Å². The van der Waals surface area contributed by atoms with Crippen LogP contribution in [0, 0.1) is 0 Å². The van der Waals surface area contributed by atoms with E-state index in [1.165, 1.54) is 17.8 Å². The van der Waals surface area contributed by atoms with Gasteiger partial charge < -0.3 is 4.90 Å². The highest BCUT2D eigenvalue weighted by Gasteiger charge is 2.32. The van der Waals surface area contributed by atoms with Gasteiger partial charge >= 0.3 is 0 Å². The topological polar surface area (TPSA) is 20.3 Å². The molecular weight excluding hydrogens is 325 g/mol. The standard InChI is InChI=1S/C16H17Cl2NOS/c1-9-4-3-5-10(2)19(9)16(20)15-14(18)12-7-6-11(17)8-13(12)21-15/h6-10H,3-5H2,1-2H3/t9-,10-/m0/s1. The summed E-state index contributed by atoms with van der Waals surface area (Å²) in [7, 11) is 0. The highest BCUT2D eigenvalue weighted by Crippen LogP contribution is 2.38. The van der Waals surface area contributed by atoms with Crippen LogP contribution in [0.15, 0.2) is 18.2 Å². The Labute approximate surface area is 138 Å². The average molecular weight is 342 g/mol. The number of piperidine rings is 1. The first-order chi connectivity index (χ1) is 9.99. The molecule has 3 rings (SSSR count). The van der Waals surface area contributed by atoms with Crippen molar-refractivity contribution in [3.63, 3.8) is 0 Å². The summed E-state index contributed by atoms with van der Waals surface area (Å²) in [6.45, 7) is 4.23. The summed E-state index contributed by atoms with van der Waals surface area (Å²) in [6, 6.07) is 6.10. The normalized spacial score (nSPS) is 22.8. The molecule has 0 unspecified atom stereocenters. The molecule has 1 aromatic carbocycles. The summed E-state index contributed by atoms with van der Waals surface area (Å²) in [5.41, 5.74) is 0. The molecule has 2 heterocycles. The van der Waals surface area contributed by atoms with Gasteiger partial charge in [-0.1, -0.05) is 29.3 Å². The summed E-state index contributed by atoms with van der Waals surface area (Å²) >= 11 is 13.9. The van der Waals surface area contributed by atoms with Crippen molar-refractivity contribution in [2.45, 2.75) is 45.2 Å². The number of carbonyl (C=O) groups is 1. The summed E-state index contributed by atoms with van der Waals surface area (Å²) in [6.07, 6.45) is 3.30. The number of hydrogen-bond donors (Lipinski definition) is 0. The fraction of sp³-hybridized carbons (Fsp3) is 0.438. The number of hydrogen-bond acceptors (Lipinski definition) is 2. The zero-order valence-corrected chi connectivity index (χ0v) is 14.4. The minimum Gasteiger partial charge on any atom is -0.332 e. The Morgan fingerprint density at radius 2 is 1.90 bits per heavy atom. The van der Waals surface area contributed by atoms with Gasteiger partial charge in [0.2, 0.25) is 0 Å². The maximum Gasteiger partial charge on any atom is 0.265 e. The maximum atomic E-state index is 12.9. The number of benzene rings is 1. The Morgan fingerprint density at radius 1 is 1.24 bits per heavy atom. The smallest absolute Gasteiger partial charge is 0.265 e. The first-order valence-electron chi connectivity index (χ1n) is 7.19. The average Bonchev–Trinajstić information content (AvgIpc) is 2.75. The second kappa shape index (κ2) is 5.79. The number of amides is 1. The predicted molar refractivity (Wildman–Crippen MR) is 90.8 cm³/mol. The van der Waals surface area contributed by atoms with Gasteiger partial charge in [0.1, 0.15) is 4.88 Å². The molecule has 1 aliphatic heterocycles. The van der Waals surface area contributed by atoms with Gasteiger partial charge in [0.25, 0.3) is 5.91 Å². The minimum absolute atomic E-state index is 0.0528. The summed E-state index contributed by atoms with van der Waals surface area (Å²) in [5.74, 6) is 0.0528. The molecule has 0 N–H and O–H groups in total. The van der Waals surface area contributed by atoms with Crippen molar-refractivity contribution in [3.8, 4) is 0 Å². The van der Waals surface area contributed by atoms with Crippen molar-refractivity contribution >= 4 is 50.5 Å². The van der Waals surface area contributed by atoms with E-state index in [4.69, 9.17) is 23.2 Å². The highest BCUT2D eigenvalue weighted by atomic mass is 35.5. The lowest BCUT2D eigenvalue weighted by Gasteiger charge is -2.38. The molecule has 2 nitrogen and oxygen atoms in total. The Balaban J connectivity index is 2.03. The molecule has 2 atom stereocenters. The Hall–Kier alpha value is -0.770. The van der Waals surface area contributed by atoms with E-state index in [1.54, 1.807) is 0 Å². The van der Waals surface area contributed by atoms with Crippen LogP contribution in [0.5, 0.6) is 0 Å². The van der Waals surface area contributed by atoms with Gasteiger partial charge in [-0.25, -0.2) is 0 Å². The zero-order valence-electron chi connectivity index (χ0n) is 12.0. The molecule has 2 aromatic rings. The van der Waals surface area contributed by atoms with E-state index in [-0.39, 0.29) is 18.0 Å². The van der Waals surface area contributed by atoms with Crippen molar-refractivity contribution in [3.05, 3.63) is 33.1 Å². The van der Waals surface area contributed by atoms with Crippen molar-refractivity contribution < 1.29 is 4.79 Å². The van der Waals surface area contributed by atoms with Gasteiger partial charge in [-0.15, -0.1) is 11.3 Å². The SMILES string of the molecule is C[C@H]1CCC[C@H](C)N1C(=O)c1sc2cc(Cl)ccc2c1Cl. The largest absolute Gasteiger partial charge is 0.332 e. The van der Waals surface area contributed by atoms with Crippen LogP contribution >= 0.6 is 34.5 Å². The van der Waals surface area contributed by atoms with Gasteiger partial charge in [0.05, 0.1) is 5.02 Å². The minimum atomic E-state index is 0.0528. The molecule has 0 aliphatic carbocycles. The second-order valence-electron chi connectivity index (χ2n) is 5.73. The van der Waals surface area contributed by atoms with E-state index >= 15 is 0 Å². The molecule has 5 heteroatoms. The fourth-order valence-electron chi connectivity index (χ4n) is 3.12. The Morgan fingerprint density at radius 3 is 2.57 bits per heavy atom. The van der Waals surface area contributed by atoms with Crippen LogP contribution in [-0.2, 0) is 0 Å². The van der Waals surface area contributed by atoms with Crippen LogP contribution in [0.3, 0.4) is 0 Å². The molecule has 112 valence electrons. The number of thiophene rings is 1. The summed E-state index contributed by atoms with van der Waals surface area (Å²) in [4.78, 5) is 15.5. The molecule has 21 heavy (non-hydrogen) atoms. The molecule has 1 amide bonds. The van der Waals surface area contributed by atoms with Gasteiger partial charge in [0, 0.05) is 27.2 Å². The quantitative estimate of drug-likeness (QED) is 0.659. The lowest BCUT2D eigenvalue weighted by Crippen LogP contribution is -2.47. The molecule has 0 saturated carbocycles. The van der Waals surface area contributed by atoms with E-state index in [2.05, 4.69) is 13.8 Å². The maximum absolute atomic E-state index is 12.9. The van der Waals surface area contributed by atoms with E-state index in [0.717, 1.165) is 22.9 Å². The van der Waals surface area contributed by atoms with Gasteiger partial charge in [-0.2, -0.15) is 0 Å². The predicted octanol–water partition coefficient (Wildman–Crippen LogP) is 5.61. The van der Waals surface area contributed by atoms with E-state index in [1.807, 2.05) is 23.1 Å². The van der Waals surface area contributed by atoms with E-state index in [9.17, 15) is 4.79 Å². The number of nitrogens with zero attached hydrogens (tertiary/aromatic N) is 1. The third-order valence-corrected chi connectivity index (χ3v) is 6.09. The van der Waals surface area contributed by atoms with Crippen LogP contribution in [0.4, 0.5) is 0 Å². The number of fused-ring (bicyclic) bond motifs is 1. The van der Waals surface area contributed by atoms with Crippen molar-refractivity contribution in [1.29, 1.82) is 0 Å². The molecule has 0 radical (unpaired) electrons. The number of likely N-dealkylation sites (tertiary alicyclic amines) is 1. The van der Waals surface area contributed by atoms with Crippen LogP contribution in [-0.4, -0.2) is 22.9 Å². The van der Waals surface area contributed by atoms with E-state index in [0.29, 0.717) is 14.9 Å². The van der Waals surface area contributed by atoms with E-state index < -0.39 is 0 Å². The summed E-state index contributed by atoms with van der Waals surface area (Å²) < 4.78 is 0.966. The molecule has 0 bridgehead atoms. The van der Waals surface area contributed by atoms with Crippen LogP contribution < -0.4 is 0 Å². The third-order valence-electron chi connectivity index (χ3n) is 4.21. The Kier molecular flexibility index (Phi) is 4.17. The highest BCUT2D eigenvalue weighted by molar-refractivity contribution is 7.21. The number of rotatable bonds is 1. The molecule has 1 aromatic heterocycles. The molecule has 1 fully saturated rings. The number of halogens is 2. The van der Waals surface area contributed by atoms with Gasteiger partial charge in [0.15, 0.2) is 0 Å². The summed E-state index contributed by atoms with van der Waals surface area (Å²) in [5, 5.41) is 2.13. The van der Waals surface area contributed by atoms with Gasteiger partial charge in [-0.05, 0) is 45.2 Å². The first-order valence-corrected chi connectivity index (χ1v) is 8.76. The lowest BCUT2D eigenvalue weighted by molar-refractivity contribution is 0.0516. The lowest BCUT2D eigenvalue weighted by atomic mass is 9.97. The fourth-order valence-corrected chi connectivity index (χ4v) is 4.85. The Bertz CT molecular complexity index is 687. The van der Waals surface area contributed by atoms with Crippen molar-refractivity contribution in [2.24, 2.45) is 0 Å². The zero-order chi connectivity index (χ0) is 15.1. The molecular formula is C16H17Cl2NOS. The van der Waals surface area contributed by atoms with Crippen LogP contribution in [0.1, 0.15) is 42.8 Å². The van der Waals surface area contributed by atoms with Crippen molar-refractivity contribution in [1.82, 2.24) is 4.90 Å². The molecule has 1 saturated heterocycles. The molecule has 1 aliphatic rings. The van der Waals surface area contributed by atoms with Crippen LogP contribution in [0.2, 0.25) is 10.0 Å². The molecule has 0 spiro atoms. The van der Waals surface area contributed by atoms with Crippen molar-refractivity contribution in [2.75, 3.05) is 0 Å². The first kappa shape index (κ1) is 15.1. The monoisotopic (exact) mass is 341 g/mol.